The molecule has 3 aromatic carbocycles. The second kappa shape index (κ2) is 6.58. The van der Waals surface area contributed by atoms with Gasteiger partial charge >= 0.3 is 0 Å². The number of nitrogens with one attached hydrogen (secondary N) is 1. The maximum Gasteiger partial charge on any atom is 0.0759 e. The third-order valence-electron chi connectivity index (χ3n) is 4.30. The number of pyridine rings is 1. The van der Waals surface area contributed by atoms with E-state index in [0.717, 1.165) is 44.1 Å². The van der Waals surface area contributed by atoms with Gasteiger partial charge in [0.1, 0.15) is 0 Å². The van der Waals surface area contributed by atoms with Crippen LogP contribution in [0.2, 0.25) is 5.02 Å². The molecule has 0 bridgehead atoms. The summed E-state index contributed by atoms with van der Waals surface area (Å²) < 4.78 is 0. The highest BCUT2D eigenvalue weighted by Crippen LogP contribution is 2.35. The van der Waals surface area contributed by atoms with Crippen LogP contribution in [0.5, 0.6) is 0 Å². The minimum absolute atomic E-state index is 0.727. The van der Waals surface area contributed by atoms with Crippen molar-refractivity contribution in [2.24, 2.45) is 0 Å². The van der Waals surface area contributed by atoms with Crippen LogP contribution in [0.1, 0.15) is 5.56 Å². The first-order valence-electron chi connectivity index (χ1n) is 8.20. The van der Waals surface area contributed by atoms with Crippen molar-refractivity contribution >= 4 is 33.9 Å². The molecule has 122 valence electrons. The molecule has 2 nitrogen and oxygen atoms in total. The van der Waals surface area contributed by atoms with E-state index < -0.39 is 0 Å². The first-order valence-corrected chi connectivity index (χ1v) is 8.57. The summed E-state index contributed by atoms with van der Waals surface area (Å²) in [7, 11) is 0. The lowest BCUT2D eigenvalue weighted by Crippen LogP contribution is -1.99. The Hall–Kier alpha value is -2.84. The molecule has 0 atom stereocenters. The number of fused-ring (bicyclic) bond motifs is 1. The summed E-state index contributed by atoms with van der Waals surface area (Å²) in [5.74, 6) is 0. The number of halogens is 1. The Bertz CT molecular complexity index is 1030. The zero-order valence-electron chi connectivity index (χ0n) is 13.8. The first-order chi connectivity index (χ1) is 12.2. The van der Waals surface area contributed by atoms with Crippen molar-refractivity contribution < 1.29 is 0 Å². The summed E-state index contributed by atoms with van der Waals surface area (Å²) >= 11 is 6.04. The molecule has 1 heterocycles. The van der Waals surface area contributed by atoms with Crippen molar-refractivity contribution in [2.45, 2.75) is 6.92 Å². The summed E-state index contributed by atoms with van der Waals surface area (Å²) in [4.78, 5) is 4.89. The van der Waals surface area contributed by atoms with Gasteiger partial charge < -0.3 is 5.32 Å². The maximum atomic E-state index is 6.04. The second-order valence-electron chi connectivity index (χ2n) is 5.98. The third-order valence-corrected chi connectivity index (χ3v) is 4.55. The molecule has 1 N–H and O–H groups in total. The predicted octanol–water partition coefficient (Wildman–Crippen LogP) is 6.61. The van der Waals surface area contributed by atoms with Gasteiger partial charge in [-0.1, -0.05) is 60.1 Å². The van der Waals surface area contributed by atoms with Crippen LogP contribution in [-0.2, 0) is 0 Å². The molecule has 3 heteroatoms. The zero-order chi connectivity index (χ0) is 17.2. The van der Waals surface area contributed by atoms with E-state index in [2.05, 4.69) is 30.4 Å². The molecule has 0 amide bonds. The quantitative estimate of drug-likeness (QED) is 0.452. The number of anilines is 2. The molecule has 4 rings (SSSR count). The van der Waals surface area contributed by atoms with E-state index in [1.807, 2.05) is 60.7 Å². The summed E-state index contributed by atoms with van der Waals surface area (Å²) in [6.07, 6.45) is 0. The van der Waals surface area contributed by atoms with E-state index in [0.29, 0.717) is 0 Å². The molecule has 0 saturated heterocycles. The number of hydrogen-bond donors (Lipinski definition) is 1. The van der Waals surface area contributed by atoms with Crippen LogP contribution in [0.15, 0.2) is 78.9 Å². The number of nitrogens with zero attached hydrogens (tertiary/aromatic N) is 1. The van der Waals surface area contributed by atoms with E-state index in [-0.39, 0.29) is 0 Å². The fourth-order valence-corrected chi connectivity index (χ4v) is 3.15. The van der Waals surface area contributed by atoms with Gasteiger partial charge in [-0.15, -0.1) is 0 Å². The van der Waals surface area contributed by atoms with Gasteiger partial charge in [0.25, 0.3) is 0 Å². The van der Waals surface area contributed by atoms with Crippen molar-refractivity contribution in [3.05, 3.63) is 89.4 Å². The van der Waals surface area contributed by atoms with Gasteiger partial charge in [0.15, 0.2) is 0 Å². The Morgan fingerprint density at radius 2 is 1.48 bits per heavy atom. The molecular formula is C22H17ClN2. The number of benzene rings is 3. The van der Waals surface area contributed by atoms with Crippen molar-refractivity contribution in [3.63, 3.8) is 0 Å². The molecular weight excluding hydrogens is 328 g/mol. The molecule has 0 fully saturated rings. The highest BCUT2D eigenvalue weighted by molar-refractivity contribution is 6.30. The highest BCUT2D eigenvalue weighted by atomic mass is 35.5. The van der Waals surface area contributed by atoms with Crippen LogP contribution < -0.4 is 5.32 Å². The molecule has 0 saturated carbocycles. The summed E-state index contributed by atoms with van der Waals surface area (Å²) in [6.45, 7) is 2.11. The molecule has 0 aliphatic heterocycles. The molecule has 0 aliphatic carbocycles. The van der Waals surface area contributed by atoms with Gasteiger partial charge in [-0.2, -0.15) is 0 Å². The molecule has 1 aromatic heterocycles. The maximum absolute atomic E-state index is 6.04. The lowest BCUT2D eigenvalue weighted by molar-refractivity contribution is 1.32. The Labute approximate surface area is 152 Å². The van der Waals surface area contributed by atoms with Crippen LogP contribution >= 0.6 is 11.6 Å². The van der Waals surface area contributed by atoms with Crippen LogP contribution in [0.3, 0.4) is 0 Å². The van der Waals surface area contributed by atoms with Crippen LogP contribution in [0.25, 0.3) is 22.2 Å². The lowest BCUT2D eigenvalue weighted by atomic mass is 10.0. The van der Waals surface area contributed by atoms with Crippen LogP contribution in [0.4, 0.5) is 11.4 Å². The van der Waals surface area contributed by atoms with Crippen LogP contribution in [-0.4, -0.2) is 4.98 Å². The van der Waals surface area contributed by atoms with E-state index in [9.17, 15) is 0 Å². The van der Waals surface area contributed by atoms with E-state index in [4.69, 9.17) is 16.6 Å². The number of rotatable bonds is 3. The topological polar surface area (TPSA) is 24.9 Å². The molecule has 0 aliphatic rings. The van der Waals surface area contributed by atoms with E-state index in [1.54, 1.807) is 0 Å². The molecule has 4 aromatic rings. The highest BCUT2D eigenvalue weighted by Gasteiger charge is 2.13. The zero-order valence-corrected chi connectivity index (χ0v) is 14.6. The van der Waals surface area contributed by atoms with Gasteiger partial charge in [0, 0.05) is 21.7 Å². The van der Waals surface area contributed by atoms with E-state index >= 15 is 0 Å². The minimum Gasteiger partial charge on any atom is -0.355 e. The number of aromatic nitrogens is 1. The predicted molar refractivity (Wildman–Crippen MR) is 107 cm³/mol. The van der Waals surface area contributed by atoms with Crippen LogP contribution in [0, 0.1) is 6.92 Å². The standard InChI is InChI=1S/C22H17ClN2/c1-15-21(16-11-13-17(23)14-12-16)25-20-10-6-5-9-19(20)22(15)24-18-7-3-2-4-8-18/h2-14H,1H3,(H,24,25). The Kier molecular flexibility index (Phi) is 4.12. The number of hydrogen-bond acceptors (Lipinski definition) is 2. The average Bonchev–Trinajstić information content (AvgIpc) is 2.65. The summed E-state index contributed by atoms with van der Waals surface area (Å²) in [5, 5.41) is 5.41. The minimum atomic E-state index is 0.727. The second-order valence-corrected chi connectivity index (χ2v) is 6.41. The summed E-state index contributed by atoms with van der Waals surface area (Å²) in [6, 6.07) is 26.2. The Morgan fingerprint density at radius 1 is 0.800 bits per heavy atom. The molecule has 0 unspecified atom stereocenters. The SMILES string of the molecule is Cc1c(-c2ccc(Cl)cc2)nc2ccccc2c1Nc1ccccc1. The monoisotopic (exact) mass is 344 g/mol. The van der Waals surface area contributed by atoms with Crippen molar-refractivity contribution in [2.75, 3.05) is 5.32 Å². The fourth-order valence-electron chi connectivity index (χ4n) is 3.02. The average molecular weight is 345 g/mol. The van der Waals surface area contributed by atoms with Gasteiger partial charge in [-0.05, 0) is 42.8 Å². The summed E-state index contributed by atoms with van der Waals surface area (Å²) in [5.41, 5.74) is 6.25. The van der Waals surface area contributed by atoms with E-state index in [1.165, 1.54) is 0 Å². The van der Waals surface area contributed by atoms with Crippen molar-refractivity contribution in [1.29, 1.82) is 0 Å². The van der Waals surface area contributed by atoms with Crippen molar-refractivity contribution in [3.8, 4) is 11.3 Å². The smallest absolute Gasteiger partial charge is 0.0759 e. The van der Waals surface area contributed by atoms with Crippen molar-refractivity contribution in [1.82, 2.24) is 4.98 Å². The van der Waals surface area contributed by atoms with Gasteiger partial charge in [-0.25, -0.2) is 4.98 Å². The Balaban J connectivity index is 1.93. The van der Waals surface area contributed by atoms with Gasteiger partial charge in [0.05, 0.1) is 16.9 Å². The first kappa shape index (κ1) is 15.7. The van der Waals surface area contributed by atoms with Gasteiger partial charge in [0.2, 0.25) is 0 Å². The lowest BCUT2D eigenvalue weighted by Gasteiger charge is -2.16. The largest absolute Gasteiger partial charge is 0.355 e. The fraction of sp³-hybridized carbons (Fsp3) is 0.0455. The molecule has 0 radical (unpaired) electrons. The molecule has 0 spiro atoms. The molecule has 25 heavy (non-hydrogen) atoms. The number of para-hydroxylation sites is 2. The van der Waals surface area contributed by atoms with Gasteiger partial charge in [-0.3, -0.25) is 0 Å². The normalized spacial score (nSPS) is 10.8. The third kappa shape index (κ3) is 3.09. The Morgan fingerprint density at radius 3 is 2.24 bits per heavy atom.